The monoisotopic (exact) mass is 148 g/mol. The van der Waals surface area contributed by atoms with Crippen molar-refractivity contribution in [2.45, 2.75) is 6.92 Å². The van der Waals surface area contributed by atoms with Crippen molar-refractivity contribution >= 4 is 11.3 Å². The summed E-state index contributed by atoms with van der Waals surface area (Å²) < 4.78 is 0. The Morgan fingerprint density at radius 1 is 1.27 bits per heavy atom. The van der Waals surface area contributed by atoms with Gasteiger partial charge in [0.15, 0.2) is 0 Å². The number of hydrogen-bond donors (Lipinski definition) is 2. The van der Waals surface area contributed by atoms with Crippen LogP contribution in [0.1, 0.15) is 12.5 Å². The van der Waals surface area contributed by atoms with E-state index in [-0.39, 0.29) is 0 Å². The first-order valence-electron chi connectivity index (χ1n) is 3.48. The minimum Gasteiger partial charge on any atom is -0.404 e. The molecule has 0 aliphatic heterocycles. The summed E-state index contributed by atoms with van der Waals surface area (Å²) in [5, 5.41) is 0. The molecule has 0 aromatic heterocycles. The molecule has 0 saturated carbocycles. The van der Waals surface area contributed by atoms with Gasteiger partial charge in [0.1, 0.15) is 0 Å². The number of anilines is 1. The molecule has 11 heavy (non-hydrogen) atoms. The fourth-order valence-corrected chi connectivity index (χ4v) is 0.842. The third-order valence-electron chi connectivity index (χ3n) is 1.62. The average molecular weight is 148 g/mol. The molecule has 0 spiro atoms. The molecule has 0 unspecified atom stereocenters. The molecule has 0 atom stereocenters. The van der Waals surface area contributed by atoms with E-state index in [2.05, 4.69) is 0 Å². The first-order chi connectivity index (χ1) is 5.24. The van der Waals surface area contributed by atoms with Gasteiger partial charge in [-0.3, -0.25) is 0 Å². The maximum atomic E-state index is 5.52. The van der Waals surface area contributed by atoms with Crippen LogP contribution in [0.2, 0.25) is 0 Å². The summed E-state index contributed by atoms with van der Waals surface area (Å²) in [5.74, 6) is 0. The zero-order chi connectivity index (χ0) is 8.27. The summed E-state index contributed by atoms with van der Waals surface area (Å²) in [6, 6.07) is 7.63. The van der Waals surface area contributed by atoms with Gasteiger partial charge in [0.05, 0.1) is 0 Å². The van der Waals surface area contributed by atoms with Crippen molar-refractivity contribution in [3.8, 4) is 0 Å². The van der Waals surface area contributed by atoms with E-state index in [0.717, 1.165) is 16.8 Å². The predicted octanol–water partition coefficient (Wildman–Crippen LogP) is 1.59. The Morgan fingerprint density at radius 2 is 1.82 bits per heavy atom. The summed E-state index contributed by atoms with van der Waals surface area (Å²) >= 11 is 0. The molecule has 1 aromatic carbocycles. The zero-order valence-electron chi connectivity index (χ0n) is 6.54. The van der Waals surface area contributed by atoms with Crippen LogP contribution < -0.4 is 11.5 Å². The number of benzene rings is 1. The molecule has 0 radical (unpaired) electrons. The van der Waals surface area contributed by atoms with E-state index in [9.17, 15) is 0 Å². The molecule has 1 aromatic rings. The highest BCUT2D eigenvalue weighted by Gasteiger charge is 1.92. The largest absolute Gasteiger partial charge is 0.404 e. The van der Waals surface area contributed by atoms with Crippen LogP contribution in [0.4, 0.5) is 5.69 Å². The van der Waals surface area contributed by atoms with Crippen LogP contribution in [-0.2, 0) is 0 Å². The van der Waals surface area contributed by atoms with Crippen LogP contribution in [-0.4, -0.2) is 0 Å². The van der Waals surface area contributed by atoms with Crippen molar-refractivity contribution in [3.63, 3.8) is 0 Å². The molecule has 1 rings (SSSR count). The topological polar surface area (TPSA) is 52.0 Å². The van der Waals surface area contributed by atoms with Crippen molar-refractivity contribution in [2.24, 2.45) is 5.73 Å². The molecule has 0 saturated heterocycles. The lowest BCUT2D eigenvalue weighted by molar-refractivity contribution is 1.51. The summed E-state index contributed by atoms with van der Waals surface area (Å²) in [6.45, 7) is 1.96. The van der Waals surface area contributed by atoms with Crippen molar-refractivity contribution in [3.05, 3.63) is 36.0 Å². The average Bonchev–Trinajstić information content (AvgIpc) is 2.05. The highest BCUT2D eigenvalue weighted by molar-refractivity contribution is 5.64. The number of rotatable bonds is 1. The number of allylic oxidation sites excluding steroid dienone is 1. The van der Waals surface area contributed by atoms with E-state index >= 15 is 0 Å². The highest BCUT2D eigenvalue weighted by Crippen LogP contribution is 2.13. The van der Waals surface area contributed by atoms with Gasteiger partial charge in [-0.1, -0.05) is 12.1 Å². The van der Waals surface area contributed by atoms with E-state index < -0.39 is 0 Å². The molecule has 0 fully saturated rings. The summed E-state index contributed by atoms with van der Waals surface area (Å²) in [6.07, 6.45) is 1.59. The Morgan fingerprint density at radius 3 is 2.27 bits per heavy atom. The number of nitrogen functional groups attached to an aromatic ring is 1. The molecular weight excluding hydrogens is 136 g/mol. The van der Waals surface area contributed by atoms with E-state index in [4.69, 9.17) is 11.5 Å². The minimum absolute atomic E-state index is 0.776. The van der Waals surface area contributed by atoms with Crippen molar-refractivity contribution < 1.29 is 0 Å². The lowest BCUT2D eigenvalue weighted by Crippen LogP contribution is -1.87. The van der Waals surface area contributed by atoms with Crippen LogP contribution in [0.5, 0.6) is 0 Å². The molecule has 0 aliphatic rings. The van der Waals surface area contributed by atoms with Gasteiger partial charge in [-0.2, -0.15) is 0 Å². The Labute approximate surface area is 66.5 Å². The van der Waals surface area contributed by atoms with Crippen molar-refractivity contribution in [2.75, 3.05) is 5.73 Å². The van der Waals surface area contributed by atoms with E-state index in [1.165, 1.54) is 0 Å². The van der Waals surface area contributed by atoms with Gasteiger partial charge in [-0.25, -0.2) is 0 Å². The SMILES string of the molecule is C/C(=C\N)c1ccc(N)cc1. The summed E-state index contributed by atoms with van der Waals surface area (Å²) in [5.41, 5.74) is 13.8. The van der Waals surface area contributed by atoms with Gasteiger partial charge in [0.25, 0.3) is 0 Å². The first-order valence-corrected chi connectivity index (χ1v) is 3.48. The Kier molecular flexibility index (Phi) is 2.16. The molecule has 2 heteroatoms. The fraction of sp³-hybridized carbons (Fsp3) is 0.111. The Bertz CT molecular complexity index is 259. The molecule has 2 nitrogen and oxygen atoms in total. The van der Waals surface area contributed by atoms with Gasteiger partial charge < -0.3 is 11.5 Å². The van der Waals surface area contributed by atoms with Crippen LogP contribution in [0.15, 0.2) is 30.5 Å². The van der Waals surface area contributed by atoms with Gasteiger partial charge in [0.2, 0.25) is 0 Å². The minimum atomic E-state index is 0.776. The zero-order valence-corrected chi connectivity index (χ0v) is 6.54. The standard InChI is InChI=1S/C9H12N2/c1-7(6-10)8-2-4-9(11)5-3-8/h2-6H,10-11H2,1H3/b7-6+. The summed E-state index contributed by atoms with van der Waals surface area (Å²) in [7, 11) is 0. The van der Waals surface area contributed by atoms with E-state index in [0.29, 0.717) is 0 Å². The van der Waals surface area contributed by atoms with E-state index in [1.807, 2.05) is 31.2 Å². The maximum Gasteiger partial charge on any atom is 0.0314 e. The van der Waals surface area contributed by atoms with Gasteiger partial charge in [0, 0.05) is 5.69 Å². The quantitative estimate of drug-likeness (QED) is 0.594. The van der Waals surface area contributed by atoms with Crippen LogP contribution in [0.3, 0.4) is 0 Å². The molecule has 0 heterocycles. The molecule has 0 bridgehead atoms. The smallest absolute Gasteiger partial charge is 0.0314 e. The second-order valence-corrected chi connectivity index (χ2v) is 2.47. The maximum absolute atomic E-state index is 5.52. The highest BCUT2D eigenvalue weighted by atomic mass is 14.5. The second kappa shape index (κ2) is 3.10. The Balaban J connectivity index is 2.99. The van der Waals surface area contributed by atoms with Crippen LogP contribution in [0, 0.1) is 0 Å². The number of hydrogen-bond acceptors (Lipinski definition) is 2. The lowest BCUT2D eigenvalue weighted by atomic mass is 10.1. The number of nitrogens with two attached hydrogens (primary N) is 2. The molecule has 0 aliphatic carbocycles. The second-order valence-electron chi connectivity index (χ2n) is 2.47. The fourth-order valence-electron chi connectivity index (χ4n) is 0.842. The van der Waals surface area contributed by atoms with Gasteiger partial charge in [-0.05, 0) is 36.4 Å². The predicted molar refractivity (Wildman–Crippen MR) is 48.7 cm³/mol. The molecule has 4 N–H and O–H groups in total. The summed E-state index contributed by atoms with van der Waals surface area (Å²) in [4.78, 5) is 0. The Hall–Kier alpha value is -1.44. The molecular formula is C9H12N2. The molecule has 58 valence electrons. The first kappa shape index (κ1) is 7.66. The lowest BCUT2D eigenvalue weighted by Gasteiger charge is -1.99. The van der Waals surface area contributed by atoms with E-state index in [1.54, 1.807) is 6.20 Å². The molecule has 0 amide bonds. The van der Waals surface area contributed by atoms with Crippen LogP contribution >= 0.6 is 0 Å². The normalized spacial score (nSPS) is 11.5. The van der Waals surface area contributed by atoms with Gasteiger partial charge >= 0.3 is 0 Å². The van der Waals surface area contributed by atoms with Crippen molar-refractivity contribution in [1.82, 2.24) is 0 Å². The third kappa shape index (κ3) is 1.74. The van der Waals surface area contributed by atoms with Crippen molar-refractivity contribution in [1.29, 1.82) is 0 Å². The third-order valence-corrected chi connectivity index (χ3v) is 1.62. The van der Waals surface area contributed by atoms with Gasteiger partial charge in [-0.15, -0.1) is 0 Å². The van der Waals surface area contributed by atoms with Crippen LogP contribution in [0.25, 0.3) is 5.57 Å².